The van der Waals surface area contributed by atoms with E-state index >= 15 is 0 Å². The minimum absolute atomic E-state index is 0.905. The second kappa shape index (κ2) is 7.84. The van der Waals surface area contributed by atoms with Gasteiger partial charge >= 0.3 is 0 Å². The van der Waals surface area contributed by atoms with Gasteiger partial charge in [0.1, 0.15) is 0 Å². The van der Waals surface area contributed by atoms with Crippen molar-refractivity contribution in [2.24, 2.45) is 0 Å². The predicted octanol–water partition coefficient (Wildman–Crippen LogP) is 6.35. The predicted molar refractivity (Wildman–Crippen MR) is 115 cm³/mol. The van der Waals surface area contributed by atoms with E-state index in [1.54, 1.807) is 5.57 Å². The highest BCUT2D eigenvalue weighted by Crippen LogP contribution is 2.32. The van der Waals surface area contributed by atoms with Crippen molar-refractivity contribution in [1.82, 2.24) is 5.32 Å². The summed E-state index contributed by atoms with van der Waals surface area (Å²) in [7, 11) is 0. The molecule has 1 aliphatic carbocycles. The van der Waals surface area contributed by atoms with Crippen LogP contribution in [0.3, 0.4) is 0 Å². The largest absolute Gasteiger partial charge is 0.384 e. The molecular formula is C26H27N. The molecule has 0 spiro atoms. The van der Waals surface area contributed by atoms with Gasteiger partial charge in [0.05, 0.1) is 0 Å². The Hall–Kier alpha value is -2.80. The lowest BCUT2D eigenvalue weighted by atomic mass is 9.98. The van der Waals surface area contributed by atoms with Crippen molar-refractivity contribution in [1.29, 1.82) is 0 Å². The lowest BCUT2D eigenvalue weighted by molar-refractivity contribution is 0.776. The molecule has 0 saturated heterocycles. The Morgan fingerprint density at radius 3 is 2.30 bits per heavy atom. The Kier molecular flexibility index (Phi) is 5.11. The van der Waals surface area contributed by atoms with Gasteiger partial charge in [0, 0.05) is 18.7 Å². The first-order valence-corrected chi connectivity index (χ1v) is 9.84. The summed E-state index contributed by atoms with van der Waals surface area (Å²) in [4.78, 5) is 0. The maximum atomic E-state index is 3.71. The van der Waals surface area contributed by atoms with Crippen molar-refractivity contribution < 1.29 is 0 Å². The maximum absolute atomic E-state index is 3.71. The van der Waals surface area contributed by atoms with Gasteiger partial charge in [-0.25, -0.2) is 0 Å². The molecule has 1 nitrogen and oxygen atoms in total. The van der Waals surface area contributed by atoms with E-state index in [2.05, 4.69) is 92.0 Å². The molecule has 0 atom stereocenters. The summed E-state index contributed by atoms with van der Waals surface area (Å²) in [5, 5.41) is 3.71. The normalized spacial score (nSPS) is 12.7. The Morgan fingerprint density at radius 1 is 0.815 bits per heavy atom. The fourth-order valence-electron chi connectivity index (χ4n) is 3.61. The molecule has 4 rings (SSSR count). The van der Waals surface area contributed by atoms with E-state index < -0.39 is 0 Å². The van der Waals surface area contributed by atoms with Gasteiger partial charge in [0.2, 0.25) is 0 Å². The first kappa shape index (κ1) is 17.6. The molecule has 1 N–H and O–H groups in total. The Morgan fingerprint density at radius 2 is 1.59 bits per heavy atom. The zero-order valence-corrected chi connectivity index (χ0v) is 16.3. The molecule has 0 amide bonds. The van der Waals surface area contributed by atoms with Crippen LogP contribution in [-0.4, -0.2) is 0 Å². The zero-order chi connectivity index (χ0) is 18.6. The van der Waals surface area contributed by atoms with Gasteiger partial charge in [-0.05, 0) is 54.5 Å². The van der Waals surface area contributed by atoms with Crippen molar-refractivity contribution in [3.05, 3.63) is 106 Å². The zero-order valence-electron chi connectivity index (χ0n) is 16.3. The highest BCUT2D eigenvalue weighted by molar-refractivity contribution is 5.67. The van der Waals surface area contributed by atoms with E-state index in [1.165, 1.54) is 51.9 Å². The summed E-state index contributed by atoms with van der Waals surface area (Å²) in [5.41, 5.74) is 11.0. The molecule has 27 heavy (non-hydrogen) atoms. The van der Waals surface area contributed by atoms with E-state index in [0.29, 0.717) is 0 Å². The SMILES string of the molecule is Cc1cccc(CNC(Cc2ccc(-c3ccccc3C)cc2)=C2CC2)c1. The third-order valence-electron chi connectivity index (χ3n) is 5.31. The van der Waals surface area contributed by atoms with Crippen molar-refractivity contribution in [3.63, 3.8) is 0 Å². The maximum Gasteiger partial charge on any atom is 0.0398 e. The third-order valence-corrected chi connectivity index (χ3v) is 5.31. The standard InChI is InChI=1S/C26H27N/c1-19-6-5-8-22(16-19)18-27-26(24-14-15-24)17-21-10-12-23(13-11-21)25-9-4-3-7-20(25)2/h3-13,16,27H,14-15,17-18H2,1-2H3. The molecular weight excluding hydrogens is 326 g/mol. The van der Waals surface area contributed by atoms with Crippen molar-refractivity contribution in [2.45, 2.75) is 39.7 Å². The van der Waals surface area contributed by atoms with Crippen LogP contribution in [0.15, 0.2) is 84.1 Å². The minimum Gasteiger partial charge on any atom is -0.384 e. The number of hydrogen-bond acceptors (Lipinski definition) is 1. The molecule has 3 aromatic rings. The number of rotatable bonds is 6. The molecule has 0 aromatic heterocycles. The molecule has 136 valence electrons. The minimum atomic E-state index is 0.905. The molecule has 3 aromatic carbocycles. The summed E-state index contributed by atoms with van der Waals surface area (Å²) < 4.78 is 0. The van der Waals surface area contributed by atoms with Gasteiger partial charge < -0.3 is 5.32 Å². The summed E-state index contributed by atoms with van der Waals surface area (Å²) in [6.07, 6.45) is 3.49. The lowest BCUT2D eigenvalue weighted by Gasteiger charge is -2.13. The second-order valence-electron chi connectivity index (χ2n) is 7.61. The van der Waals surface area contributed by atoms with Gasteiger partial charge in [-0.15, -0.1) is 0 Å². The van der Waals surface area contributed by atoms with Crippen molar-refractivity contribution in [2.75, 3.05) is 0 Å². The number of hydrogen-bond donors (Lipinski definition) is 1. The highest BCUT2D eigenvalue weighted by Gasteiger charge is 2.18. The molecule has 0 heterocycles. The molecule has 0 aliphatic heterocycles. The summed E-state index contributed by atoms with van der Waals surface area (Å²) in [6, 6.07) is 26.4. The number of aryl methyl sites for hydroxylation is 2. The second-order valence-corrected chi connectivity index (χ2v) is 7.61. The van der Waals surface area contributed by atoms with Crippen LogP contribution in [0.25, 0.3) is 11.1 Å². The van der Waals surface area contributed by atoms with Crippen LogP contribution < -0.4 is 5.32 Å². The van der Waals surface area contributed by atoms with Crippen LogP contribution >= 0.6 is 0 Å². The van der Waals surface area contributed by atoms with Crippen molar-refractivity contribution in [3.8, 4) is 11.1 Å². The van der Waals surface area contributed by atoms with E-state index in [1.807, 2.05) is 0 Å². The van der Waals surface area contributed by atoms with Gasteiger partial charge in [-0.2, -0.15) is 0 Å². The average molecular weight is 354 g/mol. The van der Waals surface area contributed by atoms with E-state index in [0.717, 1.165) is 13.0 Å². The molecule has 0 radical (unpaired) electrons. The monoisotopic (exact) mass is 353 g/mol. The van der Waals surface area contributed by atoms with E-state index in [4.69, 9.17) is 0 Å². The third kappa shape index (κ3) is 4.49. The van der Waals surface area contributed by atoms with Crippen LogP contribution in [-0.2, 0) is 13.0 Å². The van der Waals surface area contributed by atoms with Gasteiger partial charge in [-0.1, -0.05) is 83.9 Å². The molecule has 1 heteroatoms. The molecule has 0 unspecified atom stereocenters. The van der Waals surface area contributed by atoms with Crippen LogP contribution in [0.2, 0.25) is 0 Å². The number of benzene rings is 3. The smallest absolute Gasteiger partial charge is 0.0398 e. The number of allylic oxidation sites excluding steroid dienone is 2. The van der Waals surface area contributed by atoms with E-state index in [9.17, 15) is 0 Å². The molecule has 1 fully saturated rings. The Bertz CT molecular complexity index is 958. The van der Waals surface area contributed by atoms with Gasteiger partial charge in [0.25, 0.3) is 0 Å². The van der Waals surface area contributed by atoms with Crippen LogP contribution in [0.4, 0.5) is 0 Å². The quantitative estimate of drug-likeness (QED) is 0.544. The topological polar surface area (TPSA) is 12.0 Å². The van der Waals surface area contributed by atoms with E-state index in [-0.39, 0.29) is 0 Å². The Labute approximate surface area is 162 Å². The highest BCUT2D eigenvalue weighted by atomic mass is 14.9. The first-order chi connectivity index (χ1) is 13.2. The average Bonchev–Trinajstić information content (AvgIpc) is 3.51. The number of nitrogens with one attached hydrogen (secondary N) is 1. The van der Waals surface area contributed by atoms with Crippen molar-refractivity contribution >= 4 is 0 Å². The van der Waals surface area contributed by atoms with Gasteiger partial charge in [0.15, 0.2) is 0 Å². The molecule has 1 saturated carbocycles. The first-order valence-electron chi connectivity index (χ1n) is 9.84. The summed E-state index contributed by atoms with van der Waals surface area (Å²) in [6.45, 7) is 5.23. The molecule has 0 bridgehead atoms. The van der Waals surface area contributed by atoms with Gasteiger partial charge in [-0.3, -0.25) is 0 Å². The van der Waals surface area contributed by atoms with Crippen LogP contribution in [0.1, 0.15) is 35.1 Å². The Balaban J connectivity index is 1.45. The summed E-state index contributed by atoms with van der Waals surface area (Å²) >= 11 is 0. The lowest BCUT2D eigenvalue weighted by Crippen LogP contribution is -2.15. The molecule has 1 aliphatic rings. The summed E-state index contributed by atoms with van der Waals surface area (Å²) in [5.74, 6) is 0. The fourth-order valence-corrected chi connectivity index (χ4v) is 3.61. The van der Waals surface area contributed by atoms with Crippen LogP contribution in [0, 0.1) is 13.8 Å². The van der Waals surface area contributed by atoms with Crippen LogP contribution in [0.5, 0.6) is 0 Å². The fraction of sp³-hybridized carbons (Fsp3) is 0.231.